The standard InChI is InChI=1S/C10H18O3/c1-12-10-8(11)6-9(10)13-5-4-7-2-3-7/h7-11H,2-6H2,1H3. The van der Waals surface area contributed by atoms with E-state index >= 15 is 0 Å². The Morgan fingerprint density at radius 2 is 2.15 bits per heavy atom. The Morgan fingerprint density at radius 1 is 1.38 bits per heavy atom. The van der Waals surface area contributed by atoms with Crippen molar-refractivity contribution in [2.24, 2.45) is 5.92 Å². The zero-order chi connectivity index (χ0) is 9.26. The van der Waals surface area contributed by atoms with Crippen LogP contribution in [0.15, 0.2) is 0 Å². The van der Waals surface area contributed by atoms with Crippen LogP contribution < -0.4 is 0 Å². The highest BCUT2D eigenvalue weighted by Gasteiger charge is 2.41. The molecule has 2 aliphatic carbocycles. The van der Waals surface area contributed by atoms with Crippen LogP contribution in [0.4, 0.5) is 0 Å². The molecule has 0 bridgehead atoms. The first kappa shape index (κ1) is 9.44. The zero-order valence-electron chi connectivity index (χ0n) is 8.11. The van der Waals surface area contributed by atoms with Crippen LogP contribution in [0.2, 0.25) is 0 Å². The van der Waals surface area contributed by atoms with Gasteiger partial charge >= 0.3 is 0 Å². The second-order valence-electron chi connectivity index (χ2n) is 4.14. The number of rotatable bonds is 5. The highest BCUT2D eigenvalue weighted by molar-refractivity contribution is 4.91. The number of ether oxygens (including phenoxy) is 2. The van der Waals surface area contributed by atoms with Crippen LogP contribution in [0.3, 0.4) is 0 Å². The SMILES string of the molecule is COC1C(O)CC1OCCC1CC1. The molecule has 0 radical (unpaired) electrons. The van der Waals surface area contributed by atoms with Gasteiger partial charge in [-0.05, 0) is 12.3 Å². The third-order valence-electron chi connectivity index (χ3n) is 3.05. The van der Waals surface area contributed by atoms with Gasteiger partial charge in [-0.1, -0.05) is 12.8 Å². The molecular weight excluding hydrogens is 168 g/mol. The summed E-state index contributed by atoms with van der Waals surface area (Å²) in [6.07, 6.45) is 4.43. The van der Waals surface area contributed by atoms with Gasteiger partial charge in [0.05, 0.1) is 12.2 Å². The summed E-state index contributed by atoms with van der Waals surface area (Å²) < 4.78 is 10.7. The Morgan fingerprint density at radius 3 is 2.69 bits per heavy atom. The second kappa shape index (κ2) is 3.95. The van der Waals surface area contributed by atoms with Crippen molar-refractivity contribution in [2.75, 3.05) is 13.7 Å². The molecule has 0 aliphatic heterocycles. The minimum absolute atomic E-state index is 0.0841. The molecule has 13 heavy (non-hydrogen) atoms. The Bertz CT molecular complexity index is 168. The number of hydrogen-bond donors (Lipinski definition) is 1. The van der Waals surface area contributed by atoms with Crippen molar-refractivity contribution >= 4 is 0 Å². The van der Waals surface area contributed by atoms with Crippen molar-refractivity contribution in [3.8, 4) is 0 Å². The van der Waals surface area contributed by atoms with Crippen molar-refractivity contribution in [1.82, 2.24) is 0 Å². The fraction of sp³-hybridized carbons (Fsp3) is 1.00. The Balaban J connectivity index is 1.58. The molecule has 3 nitrogen and oxygen atoms in total. The maximum absolute atomic E-state index is 9.29. The molecule has 0 aromatic rings. The van der Waals surface area contributed by atoms with E-state index in [1.165, 1.54) is 19.3 Å². The molecule has 2 aliphatic rings. The molecule has 0 amide bonds. The topological polar surface area (TPSA) is 38.7 Å². The number of aliphatic hydroxyl groups excluding tert-OH is 1. The van der Waals surface area contributed by atoms with E-state index in [9.17, 15) is 5.11 Å². The summed E-state index contributed by atoms with van der Waals surface area (Å²) in [5.74, 6) is 0.922. The summed E-state index contributed by atoms with van der Waals surface area (Å²) in [4.78, 5) is 0. The first-order chi connectivity index (χ1) is 6.31. The molecule has 0 aromatic carbocycles. The highest BCUT2D eigenvalue weighted by Crippen LogP contribution is 2.33. The first-order valence-electron chi connectivity index (χ1n) is 5.13. The van der Waals surface area contributed by atoms with Gasteiger partial charge in [-0.25, -0.2) is 0 Å². The van der Waals surface area contributed by atoms with Crippen LogP contribution in [0, 0.1) is 5.92 Å². The lowest BCUT2D eigenvalue weighted by atomic mass is 9.88. The van der Waals surface area contributed by atoms with Crippen LogP contribution in [-0.2, 0) is 9.47 Å². The third-order valence-corrected chi connectivity index (χ3v) is 3.05. The summed E-state index contributed by atoms with van der Waals surface area (Å²) in [6, 6.07) is 0. The van der Waals surface area contributed by atoms with E-state index < -0.39 is 0 Å². The van der Waals surface area contributed by atoms with Gasteiger partial charge in [0.1, 0.15) is 6.10 Å². The summed E-state index contributed by atoms with van der Waals surface area (Å²) >= 11 is 0. The van der Waals surface area contributed by atoms with Crippen molar-refractivity contribution in [1.29, 1.82) is 0 Å². The lowest BCUT2D eigenvalue weighted by Crippen LogP contribution is -2.53. The molecule has 76 valence electrons. The van der Waals surface area contributed by atoms with E-state index in [1.54, 1.807) is 7.11 Å². The van der Waals surface area contributed by atoms with Gasteiger partial charge in [-0.15, -0.1) is 0 Å². The highest BCUT2D eigenvalue weighted by atomic mass is 16.5. The van der Waals surface area contributed by atoms with Gasteiger partial charge in [0.2, 0.25) is 0 Å². The molecule has 0 heterocycles. The van der Waals surface area contributed by atoms with Gasteiger partial charge < -0.3 is 14.6 Å². The van der Waals surface area contributed by atoms with Crippen molar-refractivity contribution < 1.29 is 14.6 Å². The minimum atomic E-state index is -0.309. The molecule has 3 unspecified atom stereocenters. The summed E-state index contributed by atoms with van der Waals surface area (Å²) in [7, 11) is 1.63. The molecule has 1 N–H and O–H groups in total. The third kappa shape index (κ3) is 2.22. The number of methoxy groups -OCH3 is 1. The summed E-state index contributed by atoms with van der Waals surface area (Å²) in [6.45, 7) is 0.835. The van der Waals surface area contributed by atoms with E-state index in [0.29, 0.717) is 0 Å². The largest absolute Gasteiger partial charge is 0.390 e. The van der Waals surface area contributed by atoms with Crippen LogP contribution >= 0.6 is 0 Å². The molecule has 2 rings (SSSR count). The fourth-order valence-corrected chi connectivity index (χ4v) is 1.82. The van der Waals surface area contributed by atoms with Gasteiger partial charge in [-0.2, -0.15) is 0 Å². The number of hydrogen-bond acceptors (Lipinski definition) is 3. The lowest BCUT2D eigenvalue weighted by Gasteiger charge is -2.39. The van der Waals surface area contributed by atoms with Gasteiger partial charge in [0.15, 0.2) is 0 Å². The van der Waals surface area contributed by atoms with Crippen molar-refractivity contribution in [2.45, 2.75) is 44.0 Å². The first-order valence-corrected chi connectivity index (χ1v) is 5.13. The number of aliphatic hydroxyl groups is 1. The van der Waals surface area contributed by atoms with Crippen molar-refractivity contribution in [3.63, 3.8) is 0 Å². The van der Waals surface area contributed by atoms with E-state index in [0.717, 1.165) is 18.9 Å². The molecule has 2 fully saturated rings. The Hall–Kier alpha value is -0.120. The normalized spacial score (nSPS) is 38.8. The quantitative estimate of drug-likeness (QED) is 0.694. The molecule has 3 heteroatoms. The predicted octanol–water partition coefficient (Wildman–Crippen LogP) is 0.951. The average Bonchev–Trinajstić information content (AvgIpc) is 2.87. The summed E-state index contributed by atoms with van der Waals surface area (Å²) in [5, 5.41) is 9.29. The predicted molar refractivity (Wildman–Crippen MR) is 48.5 cm³/mol. The zero-order valence-corrected chi connectivity index (χ0v) is 8.11. The fourth-order valence-electron chi connectivity index (χ4n) is 1.82. The Kier molecular flexibility index (Phi) is 2.86. The van der Waals surface area contributed by atoms with Crippen LogP contribution in [0.1, 0.15) is 25.7 Å². The van der Waals surface area contributed by atoms with Gasteiger partial charge in [-0.3, -0.25) is 0 Å². The molecule has 0 aromatic heterocycles. The van der Waals surface area contributed by atoms with Gasteiger partial charge in [0.25, 0.3) is 0 Å². The maximum Gasteiger partial charge on any atom is 0.109 e. The summed E-state index contributed by atoms with van der Waals surface area (Å²) in [5.41, 5.74) is 0. The monoisotopic (exact) mass is 186 g/mol. The lowest BCUT2D eigenvalue weighted by molar-refractivity contribution is -0.181. The molecule has 0 saturated heterocycles. The van der Waals surface area contributed by atoms with E-state index in [2.05, 4.69) is 0 Å². The molecular formula is C10H18O3. The van der Waals surface area contributed by atoms with Crippen LogP contribution in [-0.4, -0.2) is 37.1 Å². The van der Waals surface area contributed by atoms with Crippen molar-refractivity contribution in [3.05, 3.63) is 0 Å². The molecule has 0 spiro atoms. The van der Waals surface area contributed by atoms with Crippen LogP contribution in [0.25, 0.3) is 0 Å². The molecule has 2 saturated carbocycles. The Labute approximate surface area is 79.0 Å². The van der Waals surface area contributed by atoms with E-state index in [4.69, 9.17) is 9.47 Å². The maximum atomic E-state index is 9.29. The smallest absolute Gasteiger partial charge is 0.109 e. The van der Waals surface area contributed by atoms with E-state index in [-0.39, 0.29) is 18.3 Å². The van der Waals surface area contributed by atoms with E-state index in [1.807, 2.05) is 0 Å². The van der Waals surface area contributed by atoms with Crippen LogP contribution in [0.5, 0.6) is 0 Å². The van der Waals surface area contributed by atoms with Gasteiger partial charge in [0, 0.05) is 20.1 Å². The minimum Gasteiger partial charge on any atom is -0.390 e. The molecule has 3 atom stereocenters. The average molecular weight is 186 g/mol. The second-order valence-corrected chi connectivity index (χ2v) is 4.14.